The molecule has 1 atom stereocenters. The molecule has 2 aromatic heterocycles. The first-order valence-electron chi connectivity index (χ1n) is 9.30. The van der Waals surface area contributed by atoms with Crippen molar-refractivity contribution in [1.29, 1.82) is 0 Å². The van der Waals surface area contributed by atoms with Gasteiger partial charge in [-0.25, -0.2) is 9.97 Å². The van der Waals surface area contributed by atoms with E-state index in [4.69, 9.17) is 0 Å². The van der Waals surface area contributed by atoms with Crippen LogP contribution in [0.2, 0.25) is 0 Å². The molecule has 9 nitrogen and oxygen atoms in total. The number of rotatable bonds is 4. The number of anilines is 2. The lowest BCUT2D eigenvalue weighted by atomic mass is 9.97. The van der Waals surface area contributed by atoms with Crippen LogP contribution in [0.1, 0.15) is 24.2 Å². The summed E-state index contributed by atoms with van der Waals surface area (Å²) in [6.45, 7) is 5.30. The molecule has 9 heteroatoms. The molecule has 3 heterocycles. The van der Waals surface area contributed by atoms with Gasteiger partial charge < -0.3 is 10.2 Å². The van der Waals surface area contributed by atoms with Gasteiger partial charge in [0.05, 0.1) is 11.6 Å². The van der Waals surface area contributed by atoms with Crippen molar-refractivity contribution < 1.29 is 4.79 Å². The number of hydrogen-bond donors (Lipinski definition) is 1. The molecule has 3 aromatic rings. The van der Waals surface area contributed by atoms with E-state index in [2.05, 4.69) is 35.7 Å². The van der Waals surface area contributed by atoms with Gasteiger partial charge in [0.2, 0.25) is 11.9 Å². The maximum absolute atomic E-state index is 12.9. The first-order valence-corrected chi connectivity index (χ1v) is 9.30. The second-order valence-corrected chi connectivity index (χ2v) is 6.96. The Hall–Kier alpha value is -3.36. The Morgan fingerprint density at radius 1 is 1.21 bits per heavy atom. The SMILES string of the molecule is Cc1ccc(NC(=O)C2CCCN(c3ncccn3)C2)cc1-n1nnnc1C. The van der Waals surface area contributed by atoms with Crippen molar-refractivity contribution in [3.63, 3.8) is 0 Å². The average molecular weight is 378 g/mol. The van der Waals surface area contributed by atoms with Gasteiger partial charge in [-0.15, -0.1) is 5.10 Å². The van der Waals surface area contributed by atoms with E-state index in [0.717, 1.165) is 36.3 Å². The molecular weight excluding hydrogens is 356 g/mol. The fourth-order valence-electron chi connectivity index (χ4n) is 3.44. The third-order valence-corrected chi connectivity index (χ3v) is 4.96. The highest BCUT2D eigenvalue weighted by Crippen LogP contribution is 2.23. The molecule has 0 spiro atoms. The van der Waals surface area contributed by atoms with Crippen LogP contribution < -0.4 is 10.2 Å². The van der Waals surface area contributed by atoms with Crippen molar-refractivity contribution in [1.82, 2.24) is 30.2 Å². The minimum absolute atomic E-state index is 0.00358. The van der Waals surface area contributed by atoms with Crippen LogP contribution in [-0.4, -0.2) is 49.2 Å². The summed E-state index contributed by atoms with van der Waals surface area (Å²) >= 11 is 0. The average Bonchev–Trinajstić information content (AvgIpc) is 3.16. The fraction of sp³-hybridized carbons (Fsp3) is 0.368. The van der Waals surface area contributed by atoms with Gasteiger partial charge in [-0.3, -0.25) is 4.79 Å². The Kier molecular flexibility index (Phi) is 4.96. The summed E-state index contributed by atoms with van der Waals surface area (Å²) in [4.78, 5) is 23.5. The summed E-state index contributed by atoms with van der Waals surface area (Å²) in [6, 6.07) is 7.55. The van der Waals surface area contributed by atoms with Gasteiger partial charge in [0.25, 0.3) is 0 Å². The highest BCUT2D eigenvalue weighted by Gasteiger charge is 2.27. The van der Waals surface area contributed by atoms with Crippen LogP contribution in [0.4, 0.5) is 11.6 Å². The number of carbonyl (C=O) groups excluding carboxylic acids is 1. The second kappa shape index (κ2) is 7.71. The van der Waals surface area contributed by atoms with E-state index in [0.29, 0.717) is 18.3 Å². The lowest BCUT2D eigenvalue weighted by Crippen LogP contribution is -2.41. The number of tetrazole rings is 1. The molecule has 1 unspecified atom stereocenters. The first-order chi connectivity index (χ1) is 13.6. The summed E-state index contributed by atoms with van der Waals surface area (Å²) < 4.78 is 1.67. The molecular formula is C19H22N8O. The number of piperidine rings is 1. The molecule has 0 bridgehead atoms. The summed E-state index contributed by atoms with van der Waals surface area (Å²) in [5.41, 5.74) is 2.61. The van der Waals surface area contributed by atoms with Gasteiger partial charge in [-0.2, -0.15) is 4.68 Å². The molecule has 1 saturated heterocycles. The maximum Gasteiger partial charge on any atom is 0.229 e. The van der Waals surface area contributed by atoms with Crippen LogP contribution in [0.15, 0.2) is 36.7 Å². The molecule has 1 aliphatic heterocycles. The molecule has 1 aromatic carbocycles. The van der Waals surface area contributed by atoms with E-state index in [-0.39, 0.29) is 11.8 Å². The van der Waals surface area contributed by atoms with Gasteiger partial charge in [-0.1, -0.05) is 6.07 Å². The molecule has 0 aliphatic carbocycles. The molecule has 4 rings (SSSR count). The van der Waals surface area contributed by atoms with E-state index >= 15 is 0 Å². The Morgan fingerprint density at radius 2 is 2.04 bits per heavy atom. The predicted molar refractivity (Wildman–Crippen MR) is 104 cm³/mol. The van der Waals surface area contributed by atoms with Crippen molar-refractivity contribution >= 4 is 17.5 Å². The Morgan fingerprint density at radius 3 is 2.79 bits per heavy atom. The van der Waals surface area contributed by atoms with Crippen LogP contribution in [0.3, 0.4) is 0 Å². The number of carbonyl (C=O) groups is 1. The molecule has 1 fully saturated rings. The third-order valence-electron chi connectivity index (χ3n) is 4.96. The molecule has 1 N–H and O–H groups in total. The normalized spacial score (nSPS) is 16.8. The maximum atomic E-state index is 12.9. The minimum atomic E-state index is -0.114. The summed E-state index contributed by atoms with van der Waals surface area (Å²) in [6.07, 6.45) is 5.22. The number of aromatic nitrogens is 6. The summed E-state index contributed by atoms with van der Waals surface area (Å²) in [7, 11) is 0. The van der Waals surface area contributed by atoms with E-state index < -0.39 is 0 Å². The first kappa shape index (κ1) is 18.0. The Labute approximate surface area is 162 Å². The molecule has 1 aliphatic rings. The van der Waals surface area contributed by atoms with Crippen LogP contribution >= 0.6 is 0 Å². The number of hydrogen-bond acceptors (Lipinski definition) is 7. The van der Waals surface area contributed by atoms with Crippen molar-refractivity contribution in [2.24, 2.45) is 5.92 Å². The van der Waals surface area contributed by atoms with Crippen molar-refractivity contribution in [2.75, 3.05) is 23.3 Å². The van der Waals surface area contributed by atoms with Crippen LogP contribution in [0.5, 0.6) is 0 Å². The molecule has 1 amide bonds. The topological polar surface area (TPSA) is 102 Å². The van der Waals surface area contributed by atoms with Crippen molar-refractivity contribution in [3.05, 3.63) is 48.0 Å². The smallest absolute Gasteiger partial charge is 0.229 e. The molecule has 0 radical (unpaired) electrons. The van der Waals surface area contributed by atoms with Gasteiger partial charge in [0, 0.05) is 31.2 Å². The zero-order valence-corrected chi connectivity index (χ0v) is 15.9. The van der Waals surface area contributed by atoms with Gasteiger partial charge in [-0.05, 0) is 60.9 Å². The van der Waals surface area contributed by atoms with Crippen LogP contribution in [0, 0.1) is 19.8 Å². The standard InChI is InChI=1S/C19H22N8O/c1-13-6-7-16(11-17(13)27-14(2)23-24-25-27)22-18(28)15-5-3-10-26(12-15)19-20-8-4-9-21-19/h4,6-9,11,15H,3,5,10,12H2,1-2H3,(H,22,28). The van der Waals surface area contributed by atoms with Gasteiger partial charge in [0.1, 0.15) is 0 Å². The van der Waals surface area contributed by atoms with Crippen LogP contribution in [0.25, 0.3) is 5.69 Å². The lowest BCUT2D eigenvalue weighted by molar-refractivity contribution is -0.120. The van der Waals surface area contributed by atoms with Gasteiger partial charge in [0.15, 0.2) is 5.82 Å². The number of nitrogens with one attached hydrogen (secondary N) is 1. The lowest BCUT2D eigenvalue weighted by Gasteiger charge is -2.31. The quantitative estimate of drug-likeness (QED) is 0.740. The number of aryl methyl sites for hydroxylation is 2. The Bertz CT molecular complexity index is 971. The van der Waals surface area contributed by atoms with Gasteiger partial charge >= 0.3 is 0 Å². The van der Waals surface area contributed by atoms with E-state index in [1.807, 2.05) is 32.0 Å². The Balaban J connectivity index is 1.48. The van der Waals surface area contributed by atoms with E-state index in [1.54, 1.807) is 23.1 Å². The minimum Gasteiger partial charge on any atom is -0.340 e. The molecule has 28 heavy (non-hydrogen) atoms. The van der Waals surface area contributed by atoms with Crippen molar-refractivity contribution in [3.8, 4) is 5.69 Å². The zero-order chi connectivity index (χ0) is 19.5. The second-order valence-electron chi connectivity index (χ2n) is 6.96. The summed E-state index contributed by atoms with van der Waals surface area (Å²) in [5.74, 6) is 1.25. The van der Waals surface area contributed by atoms with E-state index in [1.165, 1.54) is 0 Å². The van der Waals surface area contributed by atoms with E-state index in [9.17, 15) is 4.79 Å². The molecule has 0 saturated carbocycles. The third kappa shape index (κ3) is 3.68. The fourth-order valence-corrected chi connectivity index (χ4v) is 3.44. The zero-order valence-electron chi connectivity index (χ0n) is 15.9. The highest BCUT2D eigenvalue weighted by molar-refractivity contribution is 5.93. The molecule has 144 valence electrons. The number of amides is 1. The monoisotopic (exact) mass is 378 g/mol. The highest BCUT2D eigenvalue weighted by atomic mass is 16.1. The van der Waals surface area contributed by atoms with Crippen molar-refractivity contribution in [2.45, 2.75) is 26.7 Å². The summed E-state index contributed by atoms with van der Waals surface area (Å²) in [5, 5.41) is 14.7. The number of nitrogens with zero attached hydrogens (tertiary/aromatic N) is 7. The number of benzene rings is 1. The van der Waals surface area contributed by atoms with Crippen LogP contribution in [-0.2, 0) is 4.79 Å². The largest absolute Gasteiger partial charge is 0.340 e. The predicted octanol–water partition coefficient (Wildman–Crippen LogP) is 1.92.